The summed E-state index contributed by atoms with van der Waals surface area (Å²) in [6, 6.07) is 15.9. The molecule has 6 nitrogen and oxygen atoms in total. The number of carbonyl (C=O) groups is 1. The molecule has 1 atom stereocenters. The standard InChI is InChI=1S/C19H22N2O4S/c1-20(2)21(16-11-12-26(23,24)14-16)19(22)15-7-6-10-18(13-15)25-17-8-4-3-5-9-17/h3-10,13,16H,11-12,14H2,1-2H3/t16-/m0/s1. The number of carbonyl (C=O) groups excluding carboxylic acids is 1. The third-order valence-electron chi connectivity index (χ3n) is 4.25. The molecule has 0 saturated carbocycles. The summed E-state index contributed by atoms with van der Waals surface area (Å²) < 4.78 is 29.4. The zero-order valence-electron chi connectivity index (χ0n) is 14.8. The average Bonchev–Trinajstić information content (AvgIpc) is 2.95. The first-order valence-electron chi connectivity index (χ1n) is 8.40. The van der Waals surface area contributed by atoms with Gasteiger partial charge in [-0.2, -0.15) is 0 Å². The van der Waals surface area contributed by atoms with Gasteiger partial charge in [-0.05, 0) is 36.8 Å². The van der Waals surface area contributed by atoms with Gasteiger partial charge in [-0.3, -0.25) is 9.80 Å². The number of hydrazine groups is 1. The molecule has 1 heterocycles. The molecule has 0 aliphatic carbocycles. The molecule has 1 amide bonds. The number of hydrogen-bond donors (Lipinski definition) is 0. The van der Waals surface area contributed by atoms with Crippen molar-refractivity contribution in [3.63, 3.8) is 0 Å². The predicted molar refractivity (Wildman–Crippen MR) is 99.9 cm³/mol. The van der Waals surface area contributed by atoms with Crippen molar-refractivity contribution in [2.24, 2.45) is 0 Å². The normalized spacial score (nSPS) is 18.7. The van der Waals surface area contributed by atoms with Crippen LogP contribution in [0.1, 0.15) is 16.8 Å². The van der Waals surface area contributed by atoms with Crippen LogP contribution < -0.4 is 4.74 Å². The van der Waals surface area contributed by atoms with Crippen molar-refractivity contribution in [3.05, 3.63) is 60.2 Å². The minimum absolute atomic E-state index is 0.00285. The molecule has 1 saturated heterocycles. The highest BCUT2D eigenvalue weighted by Gasteiger charge is 2.36. The molecule has 0 spiro atoms. The second kappa shape index (κ2) is 7.47. The monoisotopic (exact) mass is 374 g/mol. The maximum atomic E-state index is 13.0. The molecule has 0 unspecified atom stereocenters. The molecule has 2 aromatic carbocycles. The number of amides is 1. The number of nitrogens with zero attached hydrogens (tertiary/aromatic N) is 2. The number of sulfone groups is 1. The van der Waals surface area contributed by atoms with Gasteiger partial charge >= 0.3 is 0 Å². The smallest absolute Gasteiger partial charge is 0.268 e. The maximum absolute atomic E-state index is 13.0. The van der Waals surface area contributed by atoms with Crippen molar-refractivity contribution >= 4 is 15.7 Å². The maximum Gasteiger partial charge on any atom is 0.268 e. The quantitative estimate of drug-likeness (QED) is 0.753. The average molecular weight is 374 g/mol. The van der Waals surface area contributed by atoms with E-state index < -0.39 is 9.84 Å². The lowest BCUT2D eigenvalue weighted by atomic mass is 10.1. The molecule has 0 aromatic heterocycles. The van der Waals surface area contributed by atoms with Crippen LogP contribution in [0.3, 0.4) is 0 Å². The van der Waals surface area contributed by atoms with E-state index in [1.165, 1.54) is 5.01 Å². The van der Waals surface area contributed by atoms with Crippen molar-refractivity contribution in [1.29, 1.82) is 0 Å². The molecule has 26 heavy (non-hydrogen) atoms. The van der Waals surface area contributed by atoms with E-state index in [0.29, 0.717) is 23.5 Å². The SMILES string of the molecule is CN(C)N(C(=O)c1cccc(Oc2ccccc2)c1)[C@H]1CCS(=O)(=O)C1. The molecule has 1 aliphatic heterocycles. The Hall–Kier alpha value is -2.38. The topological polar surface area (TPSA) is 66.9 Å². The van der Waals surface area contributed by atoms with E-state index in [2.05, 4.69) is 0 Å². The number of rotatable bonds is 5. The van der Waals surface area contributed by atoms with E-state index in [1.807, 2.05) is 30.3 Å². The van der Waals surface area contributed by atoms with Crippen LogP contribution in [0.2, 0.25) is 0 Å². The van der Waals surface area contributed by atoms with Crippen molar-refractivity contribution in [1.82, 2.24) is 10.0 Å². The van der Waals surface area contributed by atoms with Gasteiger partial charge in [-0.1, -0.05) is 24.3 Å². The highest BCUT2D eigenvalue weighted by molar-refractivity contribution is 7.91. The Morgan fingerprint density at radius 2 is 1.73 bits per heavy atom. The van der Waals surface area contributed by atoms with E-state index in [4.69, 9.17) is 4.74 Å². The molecular formula is C19H22N2O4S. The Morgan fingerprint density at radius 1 is 1.04 bits per heavy atom. The fourth-order valence-electron chi connectivity index (χ4n) is 3.09. The zero-order chi connectivity index (χ0) is 18.7. The van der Waals surface area contributed by atoms with E-state index in [9.17, 15) is 13.2 Å². The number of benzene rings is 2. The third kappa shape index (κ3) is 4.23. The van der Waals surface area contributed by atoms with Crippen LogP contribution >= 0.6 is 0 Å². The molecule has 2 aromatic rings. The highest BCUT2D eigenvalue weighted by atomic mass is 32.2. The van der Waals surface area contributed by atoms with Gasteiger partial charge in [0.25, 0.3) is 5.91 Å². The summed E-state index contributed by atoms with van der Waals surface area (Å²) in [4.78, 5) is 13.0. The lowest BCUT2D eigenvalue weighted by Gasteiger charge is -2.33. The van der Waals surface area contributed by atoms with Crippen molar-refractivity contribution in [3.8, 4) is 11.5 Å². The van der Waals surface area contributed by atoms with E-state index in [0.717, 1.165) is 0 Å². The van der Waals surface area contributed by atoms with Crippen molar-refractivity contribution < 1.29 is 17.9 Å². The van der Waals surface area contributed by atoms with Crippen LogP contribution in [0.5, 0.6) is 11.5 Å². The Balaban J connectivity index is 1.82. The Bertz CT molecular complexity index is 881. The first-order chi connectivity index (χ1) is 12.4. The second-order valence-corrected chi connectivity index (χ2v) is 8.73. The summed E-state index contributed by atoms with van der Waals surface area (Å²) in [6.45, 7) is 0. The summed E-state index contributed by atoms with van der Waals surface area (Å²) >= 11 is 0. The summed E-state index contributed by atoms with van der Waals surface area (Å²) in [7, 11) is 0.403. The largest absolute Gasteiger partial charge is 0.457 e. The van der Waals surface area contributed by atoms with Crippen molar-refractivity contribution in [2.45, 2.75) is 12.5 Å². The molecule has 0 N–H and O–H groups in total. The van der Waals surface area contributed by atoms with Gasteiger partial charge in [-0.25, -0.2) is 13.4 Å². The van der Waals surface area contributed by atoms with Gasteiger partial charge < -0.3 is 4.74 Å². The van der Waals surface area contributed by atoms with Gasteiger partial charge in [0, 0.05) is 19.7 Å². The number of para-hydroxylation sites is 1. The minimum atomic E-state index is -3.08. The number of hydrogen-bond acceptors (Lipinski definition) is 5. The molecular weight excluding hydrogens is 352 g/mol. The lowest BCUT2D eigenvalue weighted by Crippen LogP contribution is -2.49. The fourth-order valence-corrected chi connectivity index (χ4v) is 4.78. The van der Waals surface area contributed by atoms with Crippen molar-refractivity contribution in [2.75, 3.05) is 25.6 Å². The molecule has 138 valence electrons. The van der Waals surface area contributed by atoms with Crippen LogP contribution in [-0.4, -0.2) is 56.0 Å². The lowest BCUT2D eigenvalue weighted by molar-refractivity contribution is 0.000988. The Kier molecular flexibility index (Phi) is 5.29. The molecule has 0 bridgehead atoms. The number of ether oxygens (including phenoxy) is 1. The van der Waals surface area contributed by atoms with Crippen LogP contribution in [0.25, 0.3) is 0 Å². The highest BCUT2D eigenvalue weighted by Crippen LogP contribution is 2.25. The Labute approximate surface area is 153 Å². The van der Waals surface area contributed by atoms with Gasteiger partial charge in [0.1, 0.15) is 11.5 Å². The molecule has 1 fully saturated rings. The first kappa shape index (κ1) is 18.4. The molecule has 3 rings (SSSR count). The Morgan fingerprint density at radius 3 is 2.35 bits per heavy atom. The summed E-state index contributed by atoms with van der Waals surface area (Å²) in [5, 5.41) is 3.17. The fraction of sp³-hybridized carbons (Fsp3) is 0.316. The van der Waals surface area contributed by atoms with Gasteiger partial charge in [0.2, 0.25) is 0 Å². The van der Waals surface area contributed by atoms with Crippen LogP contribution in [0.4, 0.5) is 0 Å². The summed E-state index contributed by atoms with van der Waals surface area (Å²) in [5.41, 5.74) is 0.455. The second-order valence-electron chi connectivity index (χ2n) is 6.50. The van der Waals surface area contributed by atoms with Gasteiger partial charge in [-0.15, -0.1) is 0 Å². The van der Waals surface area contributed by atoms with Crippen LogP contribution in [0, 0.1) is 0 Å². The summed E-state index contributed by atoms with van der Waals surface area (Å²) in [5.74, 6) is 1.11. The predicted octanol–water partition coefficient (Wildman–Crippen LogP) is 2.58. The third-order valence-corrected chi connectivity index (χ3v) is 6.00. The van der Waals surface area contributed by atoms with Gasteiger partial charge in [0.15, 0.2) is 9.84 Å². The minimum Gasteiger partial charge on any atom is -0.457 e. The van der Waals surface area contributed by atoms with E-state index in [1.54, 1.807) is 43.4 Å². The molecule has 1 aliphatic rings. The molecule has 7 heteroatoms. The first-order valence-corrected chi connectivity index (χ1v) is 10.2. The zero-order valence-corrected chi connectivity index (χ0v) is 15.6. The van der Waals surface area contributed by atoms with Crippen LogP contribution in [-0.2, 0) is 9.84 Å². The van der Waals surface area contributed by atoms with E-state index in [-0.39, 0.29) is 23.5 Å². The van der Waals surface area contributed by atoms with Crippen LogP contribution in [0.15, 0.2) is 54.6 Å². The van der Waals surface area contributed by atoms with E-state index >= 15 is 0 Å². The van der Waals surface area contributed by atoms with Gasteiger partial charge in [0.05, 0.1) is 17.5 Å². The summed E-state index contributed by atoms with van der Waals surface area (Å²) in [6.07, 6.45) is 0.451. The molecule has 0 radical (unpaired) electrons.